The van der Waals surface area contributed by atoms with Gasteiger partial charge in [-0.15, -0.1) is 0 Å². The quantitative estimate of drug-likeness (QED) is 0.100. The summed E-state index contributed by atoms with van der Waals surface area (Å²) in [5.41, 5.74) is 5.62. The van der Waals surface area contributed by atoms with E-state index in [0.29, 0.717) is 46.0 Å². The number of carbonyl (C=O) groups is 1. The predicted octanol–water partition coefficient (Wildman–Crippen LogP) is 8.42. The molecule has 2 aliphatic rings. The molecule has 8 rings (SSSR count). The van der Waals surface area contributed by atoms with E-state index in [1.165, 1.54) is 11.5 Å². The van der Waals surface area contributed by atoms with Gasteiger partial charge in [-0.25, -0.2) is 14.8 Å². The minimum Gasteiger partial charge on any atom is -0.496 e. The molecule has 1 N–H and O–H groups in total. The Morgan fingerprint density at radius 1 is 0.983 bits per heavy atom. The number of para-hydroxylation sites is 2. The van der Waals surface area contributed by atoms with Gasteiger partial charge < -0.3 is 28.8 Å². The number of morpholine rings is 1. The summed E-state index contributed by atoms with van der Waals surface area (Å²) in [6.45, 7) is 6.63. The molecular weight excluding hydrogens is 778 g/mol. The summed E-state index contributed by atoms with van der Waals surface area (Å²) in [7, 11) is 1.61. The molecule has 4 heterocycles. The molecule has 1 aliphatic heterocycles. The number of fused-ring (bicyclic) bond motifs is 1. The molecule has 3 aromatic heterocycles. The van der Waals surface area contributed by atoms with Gasteiger partial charge in [0.05, 0.1) is 52.4 Å². The van der Waals surface area contributed by atoms with Gasteiger partial charge in [-0.1, -0.05) is 54.4 Å². The first-order valence-corrected chi connectivity index (χ1v) is 20.6. The second-order valence-corrected chi connectivity index (χ2v) is 15.5. The molecule has 1 saturated heterocycles. The van der Waals surface area contributed by atoms with Crippen molar-refractivity contribution in [2.45, 2.75) is 51.2 Å². The van der Waals surface area contributed by atoms with Crippen LogP contribution in [-0.4, -0.2) is 88.0 Å². The first kappa shape index (κ1) is 39.5. The lowest BCUT2D eigenvalue weighted by Crippen LogP contribution is -2.38. The van der Waals surface area contributed by atoms with Gasteiger partial charge >= 0.3 is 5.97 Å². The van der Waals surface area contributed by atoms with Crippen molar-refractivity contribution in [1.29, 1.82) is 0 Å². The van der Waals surface area contributed by atoms with Crippen molar-refractivity contribution in [3.63, 3.8) is 0 Å². The van der Waals surface area contributed by atoms with Crippen LogP contribution in [0, 0.1) is 6.92 Å². The summed E-state index contributed by atoms with van der Waals surface area (Å²) in [5.74, 6) is 1.69. The molecule has 14 heteroatoms. The van der Waals surface area contributed by atoms with E-state index in [-0.39, 0.29) is 24.8 Å². The van der Waals surface area contributed by atoms with Crippen molar-refractivity contribution in [2.24, 2.45) is 0 Å². The first-order valence-electron chi connectivity index (χ1n) is 19.4. The van der Waals surface area contributed by atoms with Crippen molar-refractivity contribution in [1.82, 2.24) is 24.2 Å². The van der Waals surface area contributed by atoms with Gasteiger partial charge in [0, 0.05) is 49.9 Å². The maximum Gasteiger partial charge on any atom is 0.345 e. The molecule has 300 valence electrons. The Kier molecular flexibility index (Phi) is 12.3. The zero-order chi connectivity index (χ0) is 40.0. The maximum absolute atomic E-state index is 12.9. The van der Waals surface area contributed by atoms with Crippen molar-refractivity contribution < 1.29 is 33.6 Å². The topological polar surface area (TPSA) is 138 Å². The summed E-state index contributed by atoms with van der Waals surface area (Å²) in [4.78, 5) is 29.3. The SMILES string of the molecule is COc1ccccc1-c1nccc(COc2ccccc2C[C@@H](Oc2nsc3cnc(C4CCC4)c(-c4ccc(OCCN5CCOCC5)c(Cl)c4C)c23)C(=O)O)n1. The molecule has 0 unspecified atom stereocenters. The third kappa shape index (κ3) is 8.58. The van der Waals surface area contributed by atoms with Crippen LogP contribution in [0.4, 0.5) is 0 Å². The number of nitrogens with zero attached hydrogens (tertiary/aromatic N) is 5. The highest BCUT2D eigenvalue weighted by atomic mass is 35.5. The van der Waals surface area contributed by atoms with Crippen LogP contribution in [0.1, 0.15) is 47.7 Å². The number of hydrogen-bond donors (Lipinski definition) is 1. The largest absolute Gasteiger partial charge is 0.496 e. The Balaban J connectivity index is 1.05. The summed E-state index contributed by atoms with van der Waals surface area (Å²) in [5, 5.41) is 11.8. The number of benzene rings is 3. The van der Waals surface area contributed by atoms with Crippen LogP contribution in [0.2, 0.25) is 5.02 Å². The van der Waals surface area contributed by atoms with Crippen LogP contribution >= 0.6 is 23.1 Å². The number of carboxylic acids is 1. The molecule has 12 nitrogen and oxygen atoms in total. The van der Waals surface area contributed by atoms with E-state index >= 15 is 0 Å². The zero-order valence-electron chi connectivity index (χ0n) is 32.4. The Morgan fingerprint density at radius 3 is 2.55 bits per heavy atom. The third-order valence-electron chi connectivity index (χ3n) is 10.7. The van der Waals surface area contributed by atoms with Crippen molar-refractivity contribution in [3.05, 3.63) is 107 Å². The Morgan fingerprint density at radius 2 is 1.78 bits per heavy atom. The van der Waals surface area contributed by atoms with Crippen LogP contribution in [-0.2, 0) is 22.6 Å². The van der Waals surface area contributed by atoms with Crippen LogP contribution in [0.25, 0.3) is 32.6 Å². The fourth-order valence-corrected chi connectivity index (χ4v) is 8.25. The molecule has 1 saturated carbocycles. The first-order chi connectivity index (χ1) is 28.4. The van der Waals surface area contributed by atoms with Crippen LogP contribution in [0.3, 0.4) is 0 Å². The molecule has 0 spiro atoms. The minimum absolute atomic E-state index is 0.0258. The second-order valence-electron chi connectivity index (χ2n) is 14.3. The molecule has 1 atom stereocenters. The number of carboxylic acid groups (broad SMARTS) is 1. The Labute approximate surface area is 345 Å². The van der Waals surface area contributed by atoms with E-state index in [1.807, 2.05) is 73.8 Å². The normalized spacial score (nSPS) is 15.2. The van der Waals surface area contributed by atoms with E-state index in [9.17, 15) is 9.90 Å². The highest BCUT2D eigenvalue weighted by Crippen LogP contribution is 2.48. The molecule has 0 amide bonds. The third-order valence-corrected chi connectivity index (χ3v) is 12.0. The number of hydrogen-bond acceptors (Lipinski definition) is 12. The summed E-state index contributed by atoms with van der Waals surface area (Å²) < 4.78 is 35.3. The number of pyridine rings is 1. The van der Waals surface area contributed by atoms with E-state index in [0.717, 1.165) is 90.1 Å². The minimum atomic E-state index is -1.27. The van der Waals surface area contributed by atoms with E-state index in [1.54, 1.807) is 19.4 Å². The monoisotopic (exact) mass is 821 g/mol. The summed E-state index contributed by atoms with van der Waals surface area (Å²) >= 11 is 8.26. The van der Waals surface area contributed by atoms with Gasteiger partial charge in [0.15, 0.2) is 5.82 Å². The fraction of sp³-hybridized carbons (Fsp3) is 0.341. The maximum atomic E-state index is 12.9. The lowest BCUT2D eigenvalue weighted by molar-refractivity contribution is -0.145. The molecule has 0 radical (unpaired) electrons. The van der Waals surface area contributed by atoms with Gasteiger partial charge in [0.25, 0.3) is 0 Å². The fourth-order valence-electron chi connectivity index (χ4n) is 7.34. The van der Waals surface area contributed by atoms with Gasteiger partial charge in [0.2, 0.25) is 12.0 Å². The number of rotatable bonds is 16. The molecule has 6 aromatic rings. The highest BCUT2D eigenvalue weighted by molar-refractivity contribution is 7.13. The number of aliphatic carboxylic acids is 1. The summed E-state index contributed by atoms with van der Waals surface area (Å²) in [6, 6.07) is 20.6. The molecule has 58 heavy (non-hydrogen) atoms. The Bertz CT molecular complexity index is 2400. The molecule has 3 aromatic carbocycles. The highest BCUT2D eigenvalue weighted by Gasteiger charge is 2.31. The molecule has 2 fully saturated rings. The summed E-state index contributed by atoms with van der Waals surface area (Å²) in [6.07, 6.45) is 5.40. The van der Waals surface area contributed by atoms with Crippen molar-refractivity contribution >= 4 is 39.2 Å². The predicted molar refractivity (Wildman–Crippen MR) is 222 cm³/mol. The van der Waals surface area contributed by atoms with E-state index in [4.69, 9.17) is 45.3 Å². The lowest BCUT2D eigenvalue weighted by Gasteiger charge is -2.28. The average molecular weight is 822 g/mol. The number of ether oxygens (including phenoxy) is 5. The number of aromatic nitrogens is 4. The lowest BCUT2D eigenvalue weighted by atomic mass is 9.79. The van der Waals surface area contributed by atoms with Crippen molar-refractivity contribution in [2.75, 3.05) is 46.6 Å². The van der Waals surface area contributed by atoms with Crippen LogP contribution in [0.15, 0.2) is 79.1 Å². The van der Waals surface area contributed by atoms with Gasteiger partial charge in [-0.2, -0.15) is 4.37 Å². The average Bonchev–Trinajstić information content (AvgIpc) is 3.64. The molecule has 0 bridgehead atoms. The number of halogens is 1. The van der Waals surface area contributed by atoms with Crippen molar-refractivity contribution in [3.8, 4) is 45.6 Å². The smallest absolute Gasteiger partial charge is 0.345 e. The Hall–Kier alpha value is -5.34. The van der Waals surface area contributed by atoms with Gasteiger partial charge in [-0.3, -0.25) is 9.88 Å². The molecule has 1 aliphatic carbocycles. The van der Waals surface area contributed by atoms with Gasteiger partial charge in [0.1, 0.15) is 30.5 Å². The van der Waals surface area contributed by atoms with Crippen LogP contribution in [0.5, 0.6) is 23.1 Å². The standard InChI is InChI=1S/C44H44ClN5O7S/c1-27-31(14-15-35(40(27)45)55-23-20-50-18-21-54-22-19-50)38-39-37(25-47-41(38)28-9-7-10-28)58-49-43(39)57-36(44(51)52)24-29-8-3-5-12-33(29)56-26-30-16-17-46-42(48-30)32-11-4-6-13-34(32)53-2/h3-6,8,11-17,25,28,36H,7,9-10,18-24,26H2,1-2H3,(H,51,52)/t36-/m1/s1. The second kappa shape index (κ2) is 18.1. The van der Waals surface area contributed by atoms with Gasteiger partial charge in [-0.05, 0) is 78.3 Å². The van der Waals surface area contributed by atoms with Crippen LogP contribution < -0.4 is 18.9 Å². The van der Waals surface area contributed by atoms with E-state index in [2.05, 4.69) is 14.3 Å². The number of methoxy groups -OCH3 is 1. The molecular formula is C44H44ClN5O7S. The zero-order valence-corrected chi connectivity index (χ0v) is 33.9. The van der Waals surface area contributed by atoms with E-state index < -0.39 is 12.1 Å².